The van der Waals surface area contributed by atoms with E-state index in [2.05, 4.69) is 94.0 Å². The minimum atomic E-state index is -0.262. The van der Waals surface area contributed by atoms with Crippen LogP contribution in [0.4, 0.5) is 23.0 Å². The van der Waals surface area contributed by atoms with Gasteiger partial charge < -0.3 is 21.7 Å². The van der Waals surface area contributed by atoms with E-state index in [-0.39, 0.29) is 17.0 Å². The minimum absolute atomic E-state index is 0.0747. The predicted molar refractivity (Wildman–Crippen MR) is 183 cm³/mol. The third-order valence-corrected chi connectivity index (χ3v) is 6.31. The van der Waals surface area contributed by atoms with Crippen LogP contribution in [0.15, 0.2) is 86.5 Å². The van der Waals surface area contributed by atoms with Crippen LogP contribution in [0.3, 0.4) is 0 Å². The second kappa shape index (κ2) is 12.6. The molecule has 0 saturated carbocycles. The SMILES string of the molecule is C=CC(=O)Nc1ccc2ncn(-c3cncc(NC(C)(C)C)n3)c2c1.CC(C)(C)Nc1cncc(-n2cnc3ccc(N)cc32)n1. The van der Waals surface area contributed by atoms with Gasteiger partial charge >= 0.3 is 0 Å². The first-order valence-electron chi connectivity index (χ1n) is 14.6. The van der Waals surface area contributed by atoms with E-state index in [1.54, 1.807) is 43.5 Å². The van der Waals surface area contributed by atoms with Gasteiger partial charge in [-0.15, -0.1) is 0 Å². The maximum absolute atomic E-state index is 11.5. The van der Waals surface area contributed by atoms with Gasteiger partial charge in [0.1, 0.15) is 24.3 Å². The lowest BCUT2D eigenvalue weighted by molar-refractivity contribution is -0.111. The molecule has 46 heavy (non-hydrogen) atoms. The molecule has 0 atom stereocenters. The number of nitrogens with zero attached hydrogens (tertiary/aromatic N) is 8. The molecular weight excluding hydrogens is 580 g/mol. The third kappa shape index (κ3) is 7.80. The first-order chi connectivity index (χ1) is 21.8. The number of anilines is 4. The zero-order valence-electron chi connectivity index (χ0n) is 26.8. The van der Waals surface area contributed by atoms with Gasteiger partial charge in [0.15, 0.2) is 11.6 Å². The van der Waals surface area contributed by atoms with Crippen molar-refractivity contribution in [1.29, 1.82) is 0 Å². The van der Waals surface area contributed by atoms with Gasteiger partial charge in [-0.2, -0.15) is 0 Å². The van der Waals surface area contributed by atoms with Crippen LogP contribution in [0.2, 0.25) is 0 Å². The lowest BCUT2D eigenvalue weighted by Gasteiger charge is -2.21. The van der Waals surface area contributed by atoms with Crippen LogP contribution in [0.1, 0.15) is 41.5 Å². The number of fused-ring (bicyclic) bond motifs is 2. The van der Waals surface area contributed by atoms with Gasteiger partial charge in [0.2, 0.25) is 5.91 Å². The number of hydrogen-bond acceptors (Lipinski definition) is 10. The summed E-state index contributed by atoms with van der Waals surface area (Å²) in [6, 6.07) is 11.1. The van der Waals surface area contributed by atoms with E-state index in [1.807, 2.05) is 39.5 Å². The summed E-state index contributed by atoms with van der Waals surface area (Å²) in [6.45, 7) is 15.9. The van der Waals surface area contributed by atoms with E-state index >= 15 is 0 Å². The summed E-state index contributed by atoms with van der Waals surface area (Å²) in [5, 5.41) is 9.36. The number of hydrogen-bond donors (Lipinski definition) is 4. The van der Waals surface area contributed by atoms with Crippen LogP contribution in [-0.2, 0) is 4.79 Å². The van der Waals surface area contributed by atoms with Crippen LogP contribution in [0.5, 0.6) is 0 Å². The maximum Gasteiger partial charge on any atom is 0.247 e. The van der Waals surface area contributed by atoms with Gasteiger partial charge in [-0.25, -0.2) is 19.9 Å². The van der Waals surface area contributed by atoms with Crippen molar-refractivity contribution in [2.24, 2.45) is 0 Å². The molecule has 0 radical (unpaired) electrons. The molecule has 0 unspecified atom stereocenters. The summed E-state index contributed by atoms with van der Waals surface area (Å²) in [7, 11) is 0. The Morgan fingerprint density at radius 3 is 1.76 bits per heavy atom. The summed E-state index contributed by atoms with van der Waals surface area (Å²) in [6.07, 6.45) is 11.4. The number of carbonyl (C=O) groups is 1. The standard InChI is InChI=1S/C18H20N6O.C15H18N6/c1-5-17(25)21-12-6-7-13-14(8-12)24(11-20-13)16-10-19-9-15(22-16)23-18(2,3)4;1-15(2,3)20-13-7-17-8-14(19-13)21-9-18-11-5-4-10(16)6-12(11)21/h5-11H,1H2,2-4H3,(H,21,25)(H,22,23);4-9H,16H2,1-3H3,(H,19,20). The van der Waals surface area contributed by atoms with E-state index in [0.717, 1.165) is 27.9 Å². The molecule has 0 spiro atoms. The summed E-state index contributed by atoms with van der Waals surface area (Å²) in [5.41, 5.74) is 10.4. The molecule has 0 saturated heterocycles. The lowest BCUT2D eigenvalue weighted by atomic mass is 10.1. The Morgan fingerprint density at radius 1 is 0.761 bits per heavy atom. The number of nitrogens with two attached hydrogens (primary N) is 1. The van der Waals surface area contributed by atoms with Crippen LogP contribution < -0.4 is 21.7 Å². The van der Waals surface area contributed by atoms with Gasteiger partial charge in [-0.1, -0.05) is 6.58 Å². The number of imidazole rings is 2. The highest BCUT2D eigenvalue weighted by Gasteiger charge is 2.14. The van der Waals surface area contributed by atoms with Gasteiger partial charge in [0.05, 0.1) is 46.9 Å². The van der Waals surface area contributed by atoms with E-state index < -0.39 is 0 Å². The molecule has 2 aromatic carbocycles. The average Bonchev–Trinajstić information content (AvgIpc) is 3.60. The highest BCUT2D eigenvalue weighted by atomic mass is 16.1. The zero-order chi connectivity index (χ0) is 33.1. The molecule has 5 N–H and O–H groups in total. The predicted octanol–water partition coefficient (Wildman–Crippen LogP) is 5.76. The third-order valence-electron chi connectivity index (χ3n) is 6.31. The summed E-state index contributed by atoms with van der Waals surface area (Å²) in [5.74, 6) is 2.50. The number of amides is 1. The van der Waals surface area contributed by atoms with Crippen molar-refractivity contribution in [2.45, 2.75) is 52.6 Å². The number of aromatic nitrogens is 8. The Bertz CT molecular complexity index is 2010. The molecule has 4 heterocycles. The summed E-state index contributed by atoms with van der Waals surface area (Å²) < 4.78 is 3.71. The Hall–Kier alpha value is -5.85. The monoisotopic (exact) mass is 618 g/mol. The number of benzene rings is 2. The quantitative estimate of drug-likeness (QED) is 0.133. The van der Waals surface area contributed by atoms with Gasteiger partial charge in [-0.3, -0.25) is 23.9 Å². The Balaban J connectivity index is 0.000000184. The van der Waals surface area contributed by atoms with Crippen molar-refractivity contribution in [3.63, 3.8) is 0 Å². The largest absolute Gasteiger partial charge is 0.399 e. The molecule has 0 bridgehead atoms. The van der Waals surface area contributed by atoms with Gasteiger partial charge in [0.25, 0.3) is 0 Å². The average molecular weight is 619 g/mol. The molecule has 0 aliphatic rings. The van der Waals surface area contributed by atoms with Crippen LogP contribution in [0.25, 0.3) is 33.7 Å². The molecule has 0 fully saturated rings. The number of carbonyl (C=O) groups excluding carboxylic acids is 1. The van der Waals surface area contributed by atoms with E-state index in [0.29, 0.717) is 28.8 Å². The summed E-state index contributed by atoms with van der Waals surface area (Å²) in [4.78, 5) is 37.9. The van der Waals surface area contributed by atoms with Gasteiger partial charge in [0, 0.05) is 22.5 Å². The van der Waals surface area contributed by atoms with Crippen molar-refractivity contribution < 1.29 is 4.79 Å². The zero-order valence-corrected chi connectivity index (χ0v) is 26.8. The first kappa shape index (κ1) is 31.6. The van der Waals surface area contributed by atoms with Crippen molar-refractivity contribution in [3.05, 3.63) is 86.5 Å². The second-order valence-corrected chi connectivity index (χ2v) is 12.6. The summed E-state index contributed by atoms with van der Waals surface area (Å²) >= 11 is 0. The smallest absolute Gasteiger partial charge is 0.247 e. The Morgan fingerprint density at radius 2 is 1.26 bits per heavy atom. The molecule has 6 rings (SSSR count). The van der Waals surface area contributed by atoms with E-state index in [1.165, 1.54) is 6.08 Å². The molecule has 0 aliphatic carbocycles. The fourth-order valence-electron chi connectivity index (χ4n) is 4.50. The van der Waals surface area contributed by atoms with Crippen LogP contribution in [-0.4, -0.2) is 56.0 Å². The fraction of sp³-hybridized carbons (Fsp3) is 0.242. The molecule has 1 amide bonds. The lowest BCUT2D eigenvalue weighted by Crippen LogP contribution is -2.27. The second-order valence-electron chi connectivity index (χ2n) is 12.6. The Labute approximate surface area is 267 Å². The molecule has 13 nitrogen and oxygen atoms in total. The van der Waals surface area contributed by atoms with Crippen molar-refractivity contribution >= 4 is 51.0 Å². The maximum atomic E-state index is 11.5. The van der Waals surface area contributed by atoms with Gasteiger partial charge in [-0.05, 0) is 84.0 Å². The molecule has 236 valence electrons. The topological polar surface area (TPSA) is 166 Å². The fourth-order valence-corrected chi connectivity index (χ4v) is 4.50. The highest BCUT2D eigenvalue weighted by Crippen LogP contribution is 2.23. The van der Waals surface area contributed by atoms with Crippen LogP contribution in [0, 0.1) is 0 Å². The normalized spacial score (nSPS) is 11.5. The number of rotatable bonds is 6. The molecule has 13 heteroatoms. The van der Waals surface area contributed by atoms with E-state index in [4.69, 9.17) is 5.73 Å². The molecular formula is C33H38N12O. The Kier molecular flexibility index (Phi) is 8.67. The van der Waals surface area contributed by atoms with E-state index in [9.17, 15) is 4.79 Å². The molecule has 4 aromatic heterocycles. The molecule has 6 aromatic rings. The minimum Gasteiger partial charge on any atom is -0.399 e. The molecule has 0 aliphatic heterocycles. The number of nitrogens with one attached hydrogen (secondary N) is 3. The van der Waals surface area contributed by atoms with Crippen LogP contribution >= 0.6 is 0 Å². The number of nitrogen functional groups attached to an aromatic ring is 1. The van der Waals surface area contributed by atoms with Crippen molar-refractivity contribution in [1.82, 2.24) is 39.0 Å². The van der Waals surface area contributed by atoms with Crippen molar-refractivity contribution in [2.75, 3.05) is 21.7 Å². The highest BCUT2D eigenvalue weighted by molar-refractivity contribution is 6.00. The van der Waals surface area contributed by atoms with Crippen molar-refractivity contribution in [3.8, 4) is 11.6 Å². The first-order valence-corrected chi connectivity index (χ1v) is 14.6.